The van der Waals surface area contributed by atoms with Crippen molar-refractivity contribution in [1.82, 2.24) is 0 Å². The van der Waals surface area contributed by atoms with Crippen molar-refractivity contribution in [3.8, 4) is 0 Å². The highest BCUT2D eigenvalue weighted by atomic mass is 16.3. The first-order chi connectivity index (χ1) is 33.7. The lowest BCUT2D eigenvalue weighted by Gasteiger charge is -2.59. The van der Waals surface area contributed by atoms with E-state index in [9.17, 15) is 0 Å². The van der Waals surface area contributed by atoms with E-state index >= 15 is 0 Å². The Kier molecular flexibility index (Phi) is 8.83. The van der Waals surface area contributed by atoms with E-state index < -0.39 is 0 Å². The molecule has 4 aliphatic carbocycles. The van der Waals surface area contributed by atoms with Gasteiger partial charge in [-0.25, -0.2) is 0 Å². The first-order valence-corrected chi connectivity index (χ1v) is 27.8. The number of furan rings is 1. The fourth-order valence-electron chi connectivity index (χ4n) is 17.0. The average Bonchev–Trinajstić information content (AvgIpc) is 3.80. The maximum Gasteiger partial charge on any atom is 0.247 e. The van der Waals surface area contributed by atoms with Crippen molar-refractivity contribution in [3.05, 3.63) is 142 Å². The van der Waals surface area contributed by atoms with Crippen LogP contribution in [-0.4, -0.2) is 12.3 Å². The molecule has 4 heterocycles. The maximum atomic E-state index is 6.53. The van der Waals surface area contributed by atoms with Crippen LogP contribution >= 0.6 is 0 Å². The minimum absolute atomic E-state index is 0.0145. The third kappa shape index (κ3) is 5.69. The molecule has 5 atom stereocenters. The molecule has 1 aromatic heterocycles. The molecule has 0 spiro atoms. The van der Waals surface area contributed by atoms with E-state index in [2.05, 4.69) is 190 Å². The number of hydrogen-bond acceptors (Lipinski definition) is 3. The van der Waals surface area contributed by atoms with E-state index in [0.29, 0.717) is 5.92 Å². The minimum Gasteiger partial charge on any atom is -0.456 e. The molecule has 4 heteroatoms. The topological polar surface area (TPSA) is 19.6 Å². The van der Waals surface area contributed by atoms with Crippen LogP contribution in [0.5, 0.6) is 0 Å². The zero-order chi connectivity index (χ0) is 49.2. The summed E-state index contributed by atoms with van der Waals surface area (Å²) in [6.45, 7) is 30.5. The van der Waals surface area contributed by atoms with Crippen LogP contribution in [0.1, 0.15) is 197 Å². The maximum absolute atomic E-state index is 6.53. The zero-order valence-corrected chi connectivity index (χ0v) is 45.0. The van der Waals surface area contributed by atoms with Gasteiger partial charge in [0.05, 0.1) is 5.54 Å². The van der Waals surface area contributed by atoms with Crippen molar-refractivity contribution in [2.45, 2.75) is 192 Å². The standard InChI is InChI=1S/C67H75BN2O/c1-40-31-46-47-39-64(9)25-15-16-26-65(64,10)51-33-41(61(2,3)4)34-53(59(47)51)68-52-23-21-43(36-55(52)69(56(32-40)60(46)68)42-22-24-58-45(35-42)44-19-13-14-20-57(44)71-58)70-54-38-49-48(62(5,6)29-30-63(49,7)8)37-50(54)66(11)27-17-18-28-67(66,70)12/h13-14,19-24,31-38,47H,15-18,25-30,39H2,1-12H3. The SMILES string of the molecule is Cc1cc2c3c(c1)N(c1ccc4oc5ccccc5c4c1)c1cc(N4c5cc6c(cc5C5(C)CCCCC45C)C(C)(C)CCC6(C)C)ccc1B3c1cc(C(C)(C)C)cc3c1C2CC1(C)CCCCC31C. The van der Waals surface area contributed by atoms with Crippen molar-refractivity contribution in [1.29, 1.82) is 0 Å². The Morgan fingerprint density at radius 2 is 1.25 bits per heavy atom. The molecular formula is C67H75BN2O. The highest BCUT2D eigenvalue weighted by Gasteiger charge is 2.60. The fraction of sp³-hybridized carbons (Fsp3) is 0.463. The van der Waals surface area contributed by atoms with Gasteiger partial charge in [-0.3, -0.25) is 0 Å². The fourth-order valence-corrected chi connectivity index (χ4v) is 17.0. The lowest BCUT2D eigenvalue weighted by molar-refractivity contribution is 0.0602. The van der Waals surface area contributed by atoms with Gasteiger partial charge >= 0.3 is 0 Å². The summed E-state index contributed by atoms with van der Waals surface area (Å²) in [7, 11) is 0. The predicted octanol–water partition coefficient (Wildman–Crippen LogP) is 16.3. The molecule has 3 aliphatic heterocycles. The van der Waals surface area contributed by atoms with Gasteiger partial charge in [0.15, 0.2) is 0 Å². The number of hydrogen-bond donors (Lipinski definition) is 0. The smallest absolute Gasteiger partial charge is 0.247 e. The molecule has 2 saturated carbocycles. The van der Waals surface area contributed by atoms with Crippen molar-refractivity contribution in [2.24, 2.45) is 5.41 Å². The molecule has 2 fully saturated rings. The van der Waals surface area contributed by atoms with Crippen molar-refractivity contribution >= 4 is 73.5 Å². The lowest BCUT2D eigenvalue weighted by atomic mass is 9.29. The summed E-state index contributed by atoms with van der Waals surface area (Å²) >= 11 is 0. The summed E-state index contributed by atoms with van der Waals surface area (Å²) in [5, 5.41) is 2.35. The van der Waals surface area contributed by atoms with Gasteiger partial charge in [0, 0.05) is 50.5 Å². The Morgan fingerprint density at radius 1 is 0.563 bits per heavy atom. The van der Waals surface area contributed by atoms with E-state index in [-0.39, 0.29) is 44.7 Å². The molecule has 0 amide bonds. The summed E-state index contributed by atoms with van der Waals surface area (Å²) in [5.74, 6) is 0.364. The Balaban J connectivity index is 1.07. The van der Waals surface area contributed by atoms with Crippen molar-refractivity contribution in [2.75, 3.05) is 9.80 Å². The molecule has 0 radical (unpaired) electrons. The zero-order valence-electron chi connectivity index (χ0n) is 45.0. The average molecular weight is 935 g/mol. The van der Waals surface area contributed by atoms with Gasteiger partial charge in [0.1, 0.15) is 11.2 Å². The Labute approximate surface area is 424 Å². The molecule has 5 unspecified atom stereocenters. The Hall–Kier alpha value is -5.22. The van der Waals surface area contributed by atoms with E-state index in [0.717, 1.165) is 11.2 Å². The third-order valence-electron chi connectivity index (χ3n) is 21.7. The summed E-state index contributed by atoms with van der Waals surface area (Å²) < 4.78 is 6.53. The number of para-hydroxylation sites is 1. The number of nitrogens with zero attached hydrogens (tertiary/aromatic N) is 2. The van der Waals surface area contributed by atoms with Crippen LogP contribution in [0.25, 0.3) is 21.9 Å². The summed E-state index contributed by atoms with van der Waals surface area (Å²) in [6, 6.07) is 39.5. The molecule has 0 N–H and O–H groups in total. The van der Waals surface area contributed by atoms with Crippen LogP contribution < -0.4 is 26.2 Å². The lowest BCUT2D eigenvalue weighted by Crippen LogP contribution is -2.64. The number of benzene rings is 6. The number of rotatable bonds is 2. The molecule has 14 rings (SSSR count). The number of fused-ring (bicyclic) bond motifs is 13. The summed E-state index contributed by atoms with van der Waals surface area (Å²) in [6.07, 6.45) is 13.8. The monoisotopic (exact) mass is 935 g/mol. The molecule has 362 valence electrons. The van der Waals surface area contributed by atoms with Gasteiger partial charge in [-0.05, 0) is 190 Å². The predicted molar refractivity (Wildman–Crippen MR) is 301 cm³/mol. The van der Waals surface area contributed by atoms with Crippen molar-refractivity contribution in [3.63, 3.8) is 0 Å². The van der Waals surface area contributed by atoms with Crippen LogP contribution in [0.2, 0.25) is 0 Å². The largest absolute Gasteiger partial charge is 0.456 e. The molecular weight excluding hydrogens is 860 g/mol. The van der Waals surface area contributed by atoms with Crippen LogP contribution in [0.15, 0.2) is 101 Å². The molecule has 6 aromatic carbocycles. The Morgan fingerprint density at radius 3 is 2.03 bits per heavy atom. The molecule has 7 aromatic rings. The second-order valence-electron chi connectivity index (χ2n) is 27.5. The molecule has 0 bridgehead atoms. The quantitative estimate of drug-likeness (QED) is 0.161. The Bertz CT molecular complexity index is 3470. The van der Waals surface area contributed by atoms with E-state index in [1.165, 1.54) is 132 Å². The number of aryl methyl sites for hydroxylation is 1. The van der Waals surface area contributed by atoms with Gasteiger partial charge in [0.25, 0.3) is 0 Å². The summed E-state index contributed by atoms with van der Waals surface area (Å²) in [4.78, 5) is 5.58. The van der Waals surface area contributed by atoms with Gasteiger partial charge in [0.2, 0.25) is 6.71 Å². The molecule has 7 aliphatic rings. The molecule has 3 nitrogen and oxygen atoms in total. The van der Waals surface area contributed by atoms with Gasteiger partial charge < -0.3 is 14.2 Å². The second-order valence-corrected chi connectivity index (χ2v) is 27.5. The van der Waals surface area contributed by atoms with E-state index in [4.69, 9.17) is 4.42 Å². The van der Waals surface area contributed by atoms with Crippen molar-refractivity contribution < 1.29 is 4.42 Å². The van der Waals surface area contributed by atoms with E-state index in [1.54, 1.807) is 38.8 Å². The van der Waals surface area contributed by atoms with Crippen LogP contribution in [0.3, 0.4) is 0 Å². The van der Waals surface area contributed by atoms with Gasteiger partial charge in [-0.1, -0.05) is 149 Å². The second kappa shape index (κ2) is 14.1. The highest BCUT2D eigenvalue weighted by Crippen LogP contribution is 2.65. The third-order valence-corrected chi connectivity index (χ3v) is 21.7. The van der Waals surface area contributed by atoms with Crippen LogP contribution in [0.4, 0.5) is 28.4 Å². The molecule has 0 saturated heterocycles. The first kappa shape index (κ1) is 44.5. The highest BCUT2D eigenvalue weighted by molar-refractivity contribution is 6.99. The number of anilines is 5. The first-order valence-electron chi connectivity index (χ1n) is 27.8. The normalized spacial score (nSPS) is 28.5. The van der Waals surface area contributed by atoms with Gasteiger partial charge in [-0.2, -0.15) is 0 Å². The summed E-state index contributed by atoms with van der Waals surface area (Å²) in [5.41, 5.74) is 26.1. The van der Waals surface area contributed by atoms with Crippen LogP contribution in [-0.2, 0) is 27.1 Å². The van der Waals surface area contributed by atoms with E-state index in [1.807, 2.05) is 0 Å². The van der Waals surface area contributed by atoms with Gasteiger partial charge in [-0.15, -0.1) is 0 Å². The molecule has 71 heavy (non-hydrogen) atoms. The van der Waals surface area contributed by atoms with Crippen LogP contribution in [0, 0.1) is 12.3 Å². The minimum atomic E-state index is -0.0733.